The zero-order valence-corrected chi connectivity index (χ0v) is 20.7. The molecule has 5 aromatic rings. The molecule has 0 spiro atoms. The van der Waals surface area contributed by atoms with Gasteiger partial charge in [0.1, 0.15) is 18.1 Å². The molecular formula is C26H20N3NaO3. The van der Waals surface area contributed by atoms with E-state index in [0.717, 1.165) is 22.2 Å². The number of carbonyl (C=O) groups excluding carboxylic acids is 1. The van der Waals surface area contributed by atoms with Crippen molar-refractivity contribution in [2.75, 3.05) is 0 Å². The van der Waals surface area contributed by atoms with Crippen LogP contribution in [0.2, 0.25) is 0 Å². The first-order valence-corrected chi connectivity index (χ1v) is 10.3. The SMILES string of the molecule is Cc1ccc(OCc2ccccc2)c2c(C(=O)[O-])cc(-c3nn4ccccc4c3C)nc12.[Na+]. The Bertz CT molecular complexity index is 1480. The number of hydrogen-bond acceptors (Lipinski definition) is 5. The molecule has 0 saturated heterocycles. The van der Waals surface area contributed by atoms with Crippen LogP contribution >= 0.6 is 0 Å². The van der Waals surface area contributed by atoms with Crippen LogP contribution in [-0.4, -0.2) is 20.6 Å². The number of nitrogens with zero attached hydrogens (tertiary/aromatic N) is 3. The number of benzene rings is 2. The standard InChI is InChI=1S/C26H21N3O3.Na/c1-16-11-12-22(32-15-18-8-4-3-5-9-18)23-19(26(30)31)14-20(27-24(16)23)25-17(2)21-10-6-7-13-29(21)28-25;/h3-14H,15H2,1-2H3,(H,30,31);/q;+1/p-1. The minimum absolute atomic E-state index is 0. The first-order valence-electron chi connectivity index (χ1n) is 10.3. The van der Waals surface area contributed by atoms with E-state index in [0.29, 0.717) is 34.6 Å². The first-order chi connectivity index (χ1) is 15.5. The molecule has 0 fully saturated rings. The Hall–Kier alpha value is -3.19. The van der Waals surface area contributed by atoms with Crippen LogP contribution in [0.15, 0.2) is 72.9 Å². The fourth-order valence-corrected chi connectivity index (χ4v) is 3.95. The van der Waals surface area contributed by atoms with Crippen LogP contribution in [0.5, 0.6) is 5.75 Å². The van der Waals surface area contributed by atoms with Crippen molar-refractivity contribution in [1.29, 1.82) is 0 Å². The number of aryl methyl sites for hydroxylation is 2. The van der Waals surface area contributed by atoms with Gasteiger partial charge in [-0.05, 0) is 49.2 Å². The zero-order valence-electron chi connectivity index (χ0n) is 18.7. The summed E-state index contributed by atoms with van der Waals surface area (Å²) in [6.07, 6.45) is 1.85. The van der Waals surface area contributed by atoms with Crippen molar-refractivity contribution in [3.63, 3.8) is 0 Å². The molecule has 6 nitrogen and oxygen atoms in total. The van der Waals surface area contributed by atoms with Gasteiger partial charge in [-0.25, -0.2) is 9.50 Å². The quantitative estimate of drug-likeness (QED) is 0.379. The van der Waals surface area contributed by atoms with Crippen molar-refractivity contribution in [1.82, 2.24) is 14.6 Å². The average molecular weight is 445 g/mol. The fourth-order valence-electron chi connectivity index (χ4n) is 3.95. The molecule has 0 bridgehead atoms. The van der Waals surface area contributed by atoms with Crippen molar-refractivity contribution in [3.05, 3.63) is 95.2 Å². The second kappa shape index (κ2) is 9.35. The molecule has 0 atom stereocenters. The Morgan fingerprint density at radius 1 is 1.03 bits per heavy atom. The number of pyridine rings is 2. The van der Waals surface area contributed by atoms with Crippen LogP contribution in [0.3, 0.4) is 0 Å². The van der Waals surface area contributed by atoms with Crippen LogP contribution in [0.4, 0.5) is 0 Å². The maximum Gasteiger partial charge on any atom is 1.00 e. The van der Waals surface area contributed by atoms with Gasteiger partial charge in [-0.15, -0.1) is 0 Å². The number of aromatic nitrogens is 3. The molecule has 0 aliphatic carbocycles. The summed E-state index contributed by atoms with van der Waals surface area (Å²) in [5.74, 6) is -0.824. The molecule has 0 radical (unpaired) electrons. The minimum Gasteiger partial charge on any atom is -0.545 e. The zero-order chi connectivity index (χ0) is 22.2. The van der Waals surface area contributed by atoms with Gasteiger partial charge in [-0.1, -0.05) is 42.5 Å². The van der Waals surface area contributed by atoms with Gasteiger partial charge in [0.2, 0.25) is 0 Å². The number of ether oxygens (including phenoxy) is 1. The second-order valence-electron chi connectivity index (χ2n) is 7.73. The van der Waals surface area contributed by atoms with E-state index < -0.39 is 5.97 Å². The Balaban J connectivity index is 0.00000259. The third-order valence-electron chi connectivity index (χ3n) is 5.61. The van der Waals surface area contributed by atoms with E-state index in [1.807, 2.05) is 74.6 Å². The van der Waals surface area contributed by atoms with Crippen molar-refractivity contribution in [2.45, 2.75) is 20.5 Å². The molecule has 2 aromatic carbocycles. The van der Waals surface area contributed by atoms with Gasteiger partial charge in [0, 0.05) is 17.3 Å². The maximum absolute atomic E-state index is 12.2. The summed E-state index contributed by atoms with van der Waals surface area (Å²) >= 11 is 0. The van der Waals surface area contributed by atoms with Crippen LogP contribution in [-0.2, 0) is 6.61 Å². The molecule has 0 aliphatic heterocycles. The average Bonchev–Trinajstić information content (AvgIpc) is 3.15. The van der Waals surface area contributed by atoms with Crippen molar-refractivity contribution >= 4 is 22.4 Å². The predicted octanol–water partition coefficient (Wildman–Crippen LogP) is 1.11. The minimum atomic E-state index is -1.28. The van der Waals surface area contributed by atoms with E-state index >= 15 is 0 Å². The summed E-state index contributed by atoms with van der Waals surface area (Å²) in [6.45, 7) is 4.17. The molecule has 0 N–H and O–H groups in total. The van der Waals surface area contributed by atoms with Crippen LogP contribution in [0, 0.1) is 13.8 Å². The fraction of sp³-hybridized carbons (Fsp3) is 0.115. The van der Waals surface area contributed by atoms with Gasteiger partial charge in [0.15, 0.2) is 0 Å². The van der Waals surface area contributed by atoms with E-state index in [2.05, 4.69) is 5.10 Å². The molecule has 0 amide bonds. The summed E-state index contributed by atoms with van der Waals surface area (Å²) in [4.78, 5) is 17.0. The van der Waals surface area contributed by atoms with Crippen molar-refractivity contribution < 1.29 is 44.2 Å². The molecular weight excluding hydrogens is 425 g/mol. The monoisotopic (exact) mass is 445 g/mol. The number of hydrogen-bond donors (Lipinski definition) is 0. The molecule has 0 unspecified atom stereocenters. The van der Waals surface area contributed by atoms with Gasteiger partial charge in [-0.3, -0.25) is 0 Å². The number of aromatic carboxylic acids is 1. The predicted molar refractivity (Wildman–Crippen MR) is 121 cm³/mol. The Kier molecular flexibility index (Phi) is 6.51. The third kappa shape index (κ3) is 4.25. The van der Waals surface area contributed by atoms with E-state index in [4.69, 9.17) is 9.72 Å². The molecule has 5 rings (SSSR count). The van der Waals surface area contributed by atoms with E-state index in [1.165, 1.54) is 6.07 Å². The van der Waals surface area contributed by atoms with Gasteiger partial charge in [0.25, 0.3) is 0 Å². The molecule has 0 saturated carbocycles. The van der Waals surface area contributed by atoms with Gasteiger partial charge < -0.3 is 14.6 Å². The first kappa shape index (κ1) is 23.0. The van der Waals surface area contributed by atoms with E-state index in [-0.39, 0.29) is 35.1 Å². The number of carboxylic acid groups (broad SMARTS) is 1. The molecule has 3 aromatic heterocycles. The van der Waals surface area contributed by atoms with E-state index in [9.17, 15) is 9.90 Å². The maximum atomic E-state index is 12.2. The second-order valence-corrected chi connectivity index (χ2v) is 7.73. The van der Waals surface area contributed by atoms with Crippen molar-refractivity contribution in [3.8, 4) is 17.1 Å². The summed E-state index contributed by atoms with van der Waals surface area (Å²) in [5.41, 5.74) is 5.42. The molecule has 7 heteroatoms. The summed E-state index contributed by atoms with van der Waals surface area (Å²) in [6, 6.07) is 20.7. The third-order valence-corrected chi connectivity index (χ3v) is 5.61. The normalized spacial score (nSPS) is 10.8. The van der Waals surface area contributed by atoms with Gasteiger partial charge in [-0.2, -0.15) is 5.10 Å². The Morgan fingerprint density at radius 3 is 2.52 bits per heavy atom. The smallest absolute Gasteiger partial charge is 0.545 e. The number of rotatable bonds is 5. The number of carboxylic acids is 1. The number of fused-ring (bicyclic) bond motifs is 2. The topological polar surface area (TPSA) is 79.5 Å². The van der Waals surface area contributed by atoms with Crippen molar-refractivity contribution in [2.24, 2.45) is 0 Å². The van der Waals surface area contributed by atoms with Crippen LogP contribution in [0.1, 0.15) is 27.0 Å². The molecule has 158 valence electrons. The number of carbonyl (C=O) groups is 1. The summed E-state index contributed by atoms with van der Waals surface area (Å²) < 4.78 is 7.78. The Labute approximate surface area is 213 Å². The molecule has 3 heterocycles. The Morgan fingerprint density at radius 2 is 1.79 bits per heavy atom. The van der Waals surface area contributed by atoms with E-state index in [1.54, 1.807) is 10.6 Å². The summed E-state index contributed by atoms with van der Waals surface area (Å²) in [5, 5.41) is 17.2. The largest absolute Gasteiger partial charge is 1.00 e. The molecule has 0 aliphatic rings. The molecule has 33 heavy (non-hydrogen) atoms. The van der Waals surface area contributed by atoms with Crippen LogP contribution in [0.25, 0.3) is 27.8 Å². The van der Waals surface area contributed by atoms with Gasteiger partial charge >= 0.3 is 29.6 Å². The summed E-state index contributed by atoms with van der Waals surface area (Å²) in [7, 11) is 0. The van der Waals surface area contributed by atoms with Gasteiger partial charge in [0.05, 0.1) is 28.1 Å². The van der Waals surface area contributed by atoms with Crippen LogP contribution < -0.4 is 39.4 Å².